The van der Waals surface area contributed by atoms with Crippen LogP contribution in [0.4, 0.5) is 0 Å². The zero-order valence-corrected chi connectivity index (χ0v) is 14.2. The highest BCUT2D eigenvalue weighted by molar-refractivity contribution is 5.85. The fraction of sp³-hybridized carbons (Fsp3) is 0.938. The summed E-state index contributed by atoms with van der Waals surface area (Å²) in [5.74, 6) is 0.809. The zero-order valence-electron chi connectivity index (χ0n) is 13.4. The summed E-state index contributed by atoms with van der Waals surface area (Å²) in [6, 6.07) is 0.784. The van der Waals surface area contributed by atoms with Crippen molar-refractivity contribution < 1.29 is 4.79 Å². The fourth-order valence-electron chi connectivity index (χ4n) is 3.79. The van der Waals surface area contributed by atoms with Gasteiger partial charge in [-0.1, -0.05) is 32.6 Å². The molecule has 5 heteroatoms. The molecule has 0 spiro atoms. The molecular weight excluding hydrogens is 286 g/mol. The summed E-state index contributed by atoms with van der Waals surface area (Å²) in [6.45, 7) is 4.47. The first-order valence-electron chi connectivity index (χ1n) is 8.44. The summed E-state index contributed by atoms with van der Waals surface area (Å²) >= 11 is 0. The molecule has 4 nitrogen and oxygen atoms in total. The van der Waals surface area contributed by atoms with E-state index in [0.29, 0.717) is 31.1 Å². The normalized spacial score (nSPS) is 28.5. The molecule has 1 saturated heterocycles. The number of nitrogens with zero attached hydrogens (tertiary/aromatic N) is 1. The molecule has 1 amide bonds. The number of hydrogen-bond acceptors (Lipinski definition) is 3. The van der Waals surface area contributed by atoms with E-state index in [-0.39, 0.29) is 18.3 Å². The molecular formula is C16H32ClN3O. The molecule has 0 aromatic rings. The van der Waals surface area contributed by atoms with Crippen LogP contribution in [-0.4, -0.2) is 42.5 Å². The van der Waals surface area contributed by atoms with E-state index in [9.17, 15) is 4.79 Å². The van der Waals surface area contributed by atoms with Crippen molar-refractivity contribution in [3.8, 4) is 0 Å². The van der Waals surface area contributed by atoms with Gasteiger partial charge < -0.3 is 11.1 Å². The van der Waals surface area contributed by atoms with E-state index in [1.807, 2.05) is 0 Å². The van der Waals surface area contributed by atoms with Crippen LogP contribution in [0.2, 0.25) is 0 Å². The second kappa shape index (κ2) is 9.65. The molecule has 124 valence electrons. The number of nitrogens with one attached hydrogen (secondary N) is 1. The van der Waals surface area contributed by atoms with Gasteiger partial charge in [0.1, 0.15) is 0 Å². The minimum Gasteiger partial charge on any atom is -0.352 e. The van der Waals surface area contributed by atoms with Crippen LogP contribution in [0.15, 0.2) is 0 Å². The van der Waals surface area contributed by atoms with Gasteiger partial charge in [0.15, 0.2) is 0 Å². The predicted molar refractivity (Wildman–Crippen MR) is 89.7 cm³/mol. The maximum Gasteiger partial charge on any atom is 0.234 e. The van der Waals surface area contributed by atoms with Crippen LogP contribution < -0.4 is 11.1 Å². The fourth-order valence-corrected chi connectivity index (χ4v) is 3.79. The van der Waals surface area contributed by atoms with Crippen molar-refractivity contribution in [3.05, 3.63) is 0 Å². The van der Waals surface area contributed by atoms with Gasteiger partial charge in [-0.25, -0.2) is 0 Å². The topological polar surface area (TPSA) is 58.4 Å². The SMILES string of the molecule is CC1CCCN(CC(=O)NC2CCCCCC2)C1CN.Cl. The molecule has 0 radical (unpaired) electrons. The highest BCUT2D eigenvalue weighted by Crippen LogP contribution is 2.22. The van der Waals surface area contributed by atoms with Crippen LogP contribution in [0.3, 0.4) is 0 Å². The lowest BCUT2D eigenvalue weighted by atomic mass is 9.91. The number of carbonyl (C=O) groups excluding carboxylic acids is 1. The molecule has 3 N–H and O–H groups in total. The first-order valence-corrected chi connectivity index (χ1v) is 8.44. The van der Waals surface area contributed by atoms with Crippen LogP contribution in [0.1, 0.15) is 58.3 Å². The van der Waals surface area contributed by atoms with Crippen LogP contribution >= 0.6 is 12.4 Å². The Morgan fingerprint density at radius 2 is 1.81 bits per heavy atom. The van der Waals surface area contributed by atoms with E-state index in [1.54, 1.807) is 0 Å². The van der Waals surface area contributed by atoms with Crippen LogP contribution in [0.25, 0.3) is 0 Å². The largest absolute Gasteiger partial charge is 0.352 e. The maximum absolute atomic E-state index is 12.3. The summed E-state index contributed by atoms with van der Waals surface area (Å²) in [4.78, 5) is 14.6. The van der Waals surface area contributed by atoms with Crippen molar-refractivity contribution in [1.29, 1.82) is 0 Å². The van der Waals surface area contributed by atoms with Gasteiger partial charge in [0.25, 0.3) is 0 Å². The van der Waals surface area contributed by atoms with Gasteiger partial charge in [0.2, 0.25) is 5.91 Å². The third kappa shape index (κ3) is 5.76. The van der Waals surface area contributed by atoms with E-state index in [4.69, 9.17) is 5.73 Å². The molecule has 2 fully saturated rings. The number of hydrogen-bond donors (Lipinski definition) is 2. The molecule has 2 aliphatic rings. The number of halogens is 1. The number of carbonyl (C=O) groups is 1. The van der Waals surface area contributed by atoms with Gasteiger partial charge in [0, 0.05) is 18.6 Å². The van der Waals surface area contributed by atoms with Crippen molar-refractivity contribution in [2.24, 2.45) is 11.7 Å². The Labute approximate surface area is 135 Å². The van der Waals surface area contributed by atoms with Gasteiger partial charge in [-0.05, 0) is 38.1 Å². The van der Waals surface area contributed by atoms with Crippen molar-refractivity contribution in [1.82, 2.24) is 10.2 Å². The minimum absolute atomic E-state index is 0. The Bertz CT molecular complexity index is 306. The molecule has 21 heavy (non-hydrogen) atoms. The van der Waals surface area contributed by atoms with E-state index < -0.39 is 0 Å². The second-order valence-corrected chi connectivity index (χ2v) is 6.65. The van der Waals surface area contributed by atoms with E-state index in [1.165, 1.54) is 38.5 Å². The summed E-state index contributed by atoms with van der Waals surface area (Å²) in [6.07, 6.45) is 9.91. The van der Waals surface area contributed by atoms with Crippen LogP contribution in [0, 0.1) is 5.92 Å². The summed E-state index contributed by atoms with van der Waals surface area (Å²) in [5.41, 5.74) is 5.89. The molecule has 0 aromatic heterocycles. The van der Waals surface area contributed by atoms with Gasteiger partial charge in [0.05, 0.1) is 6.54 Å². The number of rotatable bonds is 4. The highest BCUT2D eigenvalue weighted by atomic mass is 35.5. The smallest absolute Gasteiger partial charge is 0.234 e. The third-order valence-corrected chi connectivity index (χ3v) is 5.04. The summed E-state index contributed by atoms with van der Waals surface area (Å²) in [7, 11) is 0. The Morgan fingerprint density at radius 1 is 1.14 bits per heavy atom. The predicted octanol–water partition coefficient (Wildman–Crippen LogP) is 2.31. The molecule has 2 rings (SSSR count). The first-order chi connectivity index (χ1) is 9.70. The number of likely N-dealkylation sites (tertiary alicyclic amines) is 1. The summed E-state index contributed by atoms with van der Waals surface area (Å²) < 4.78 is 0. The van der Waals surface area contributed by atoms with Gasteiger partial charge >= 0.3 is 0 Å². The lowest BCUT2D eigenvalue weighted by molar-refractivity contribution is -0.124. The lowest BCUT2D eigenvalue weighted by Crippen LogP contribution is -2.52. The Hall–Kier alpha value is -0.320. The Balaban J connectivity index is 0.00000220. The molecule has 1 aliphatic carbocycles. The van der Waals surface area contributed by atoms with Crippen molar-refractivity contribution in [2.45, 2.75) is 70.4 Å². The van der Waals surface area contributed by atoms with Crippen molar-refractivity contribution in [2.75, 3.05) is 19.6 Å². The average Bonchev–Trinajstić information content (AvgIpc) is 2.67. The van der Waals surface area contributed by atoms with E-state index in [2.05, 4.69) is 17.1 Å². The molecule has 1 saturated carbocycles. The highest BCUT2D eigenvalue weighted by Gasteiger charge is 2.29. The summed E-state index contributed by atoms with van der Waals surface area (Å²) in [5, 5.41) is 3.24. The molecule has 1 heterocycles. The van der Waals surface area contributed by atoms with E-state index in [0.717, 1.165) is 19.4 Å². The van der Waals surface area contributed by atoms with Crippen LogP contribution in [-0.2, 0) is 4.79 Å². The number of piperidine rings is 1. The van der Waals surface area contributed by atoms with E-state index >= 15 is 0 Å². The standard InChI is InChI=1S/C16H31N3O.ClH/c1-13-7-6-10-19(15(13)11-17)12-16(20)18-14-8-4-2-3-5-9-14;/h13-15H,2-12,17H2,1H3,(H,18,20);1H. The van der Waals surface area contributed by atoms with Crippen molar-refractivity contribution >= 4 is 18.3 Å². The van der Waals surface area contributed by atoms with Gasteiger partial charge in [-0.3, -0.25) is 9.69 Å². The quantitative estimate of drug-likeness (QED) is 0.782. The van der Waals surface area contributed by atoms with Crippen molar-refractivity contribution in [3.63, 3.8) is 0 Å². The van der Waals surface area contributed by atoms with Crippen LogP contribution in [0.5, 0.6) is 0 Å². The first kappa shape index (κ1) is 18.7. The monoisotopic (exact) mass is 317 g/mol. The molecule has 2 unspecified atom stereocenters. The molecule has 0 bridgehead atoms. The van der Waals surface area contributed by atoms with Gasteiger partial charge in [-0.2, -0.15) is 0 Å². The minimum atomic E-state index is 0. The second-order valence-electron chi connectivity index (χ2n) is 6.65. The Morgan fingerprint density at radius 3 is 2.43 bits per heavy atom. The number of amides is 1. The molecule has 1 aliphatic heterocycles. The molecule has 2 atom stereocenters. The number of nitrogens with two attached hydrogens (primary N) is 1. The average molecular weight is 318 g/mol. The lowest BCUT2D eigenvalue weighted by Gasteiger charge is -2.39. The maximum atomic E-state index is 12.3. The zero-order chi connectivity index (χ0) is 14.4. The third-order valence-electron chi connectivity index (χ3n) is 5.04. The van der Waals surface area contributed by atoms with Gasteiger partial charge in [-0.15, -0.1) is 12.4 Å². The Kier molecular flexibility index (Phi) is 8.60. The molecule has 0 aromatic carbocycles.